The maximum atomic E-state index is 15.1. The van der Waals surface area contributed by atoms with Crippen LogP contribution in [0.4, 0.5) is 4.39 Å². The molecular weight excluding hydrogens is 505 g/mol. The second kappa shape index (κ2) is 9.06. The fourth-order valence-corrected chi connectivity index (χ4v) is 5.24. The molecule has 0 aliphatic carbocycles. The third-order valence-corrected chi connectivity index (χ3v) is 7.06. The number of fused-ring (bicyclic) bond motifs is 3. The van der Waals surface area contributed by atoms with Gasteiger partial charge in [0.15, 0.2) is 22.9 Å². The highest BCUT2D eigenvalue weighted by molar-refractivity contribution is 6.32. The van der Waals surface area contributed by atoms with Gasteiger partial charge in [0.1, 0.15) is 11.6 Å². The molecule has 0 fully saturated rings. The summed E-state index contributed by atoms with van der Waals surface area (Å²) in [6, 6.07) is 14.4. The van der Waals surface area contributed by atoms with Crippen LogP contribution in [0.15, 0.2) is 60.9 Å². The van der Waals surface area contributed by atoms with E-state index >= 15 is 4.39 Å². The summed E-state index contributed by atoms with van der Waals surface area (Å²) in [5.74, 6) is 1.02. The molecule has 0 spiro atoms. The predicted octanol–water partition coefficient (Wildman–Crippen LogP) is 7.21. The van der Waals surface area contributed by atoms with Gasteiger partial charge in [-0.2, -0.15) is 0 Å². The SMILES string of the molecule is CC(C)Oc1ccc(-c2ccc3c(n2)Oc2c(F)cccc2C3C(C)(C)c2nc3nccnc3[nH]2)cc1Cl. The van der Waals surface area contributed by atoms with E-state index in [2.05, 4.69) is 28.8 Å². The largest absolute Gasteiger partial charge is 0.489 e. The van der Waals surface area contributed by atoms with E-state index in [0.29, 0.717) is 39.5 Å². The molecule has 1 atom stereocenters. The van der Waals surface area contributed by atoms with Crippen LogP contribution in [-0.4, -0.2) is 31.0 Å². The van der Waals surface area contributed by atoms with E-state index in [-0.39, 0.29) is 17.8 Å². The lowest BCUT2D eigenvalue weighted by Gasteiger charge is -2.37. The number of hydrogen-bond acceptors (Lipinski definition) is 6. The van der Waals surface area contributed by atoms with Gasteiger partial charge in [-0.05, 0) is 44.2 Å². The van der Waals surface area contributed by atoms with Gasteiger partial charge in [-0.1, -0.05) is 43.6 Å². The predicted molar refractivity (Wildman–Crippen MR) is 143 cm³/mol. The third-order valence-electron chi connectivity index (χ3n) is 6.76. The molecule has 6 rings (SSSR count). The Balaban J connectivity index is 1.47. The van der Waals surface area contributed by atoms with E-state index < -0.39 is 11.2 Å². The lowest BCUT2D eigenvalue weighted by atomic mass is 9.69. The van der Waals surface area contributed by atoms with Crippen LogP contribution in [0, 0.1) is 5.82 Å². The first-order chi connectivity index (χ1) is 18.2. The summed E-state index contributed by atoms with van der Waals surface area (Å²) < 4.78 is 26.9. The topological polar surface area (TPSA) is 85.8 Å². The first kappa shape index (κ1) is 24.3. The number of pyridine rings is 1. The molecule has 0 saturated heterocycles. The lowest BCUT2D eigenvalue weighted by molar-refractivity contribution is 0.242. The summed E-state index contributed by atoms with van der Waals surface area (Å²) in [5.41, 5.74) is 3.49. The van der Waals surface area contributed by atoms with Gasteiger partial charge < -0.3 is 14.5 Å². The number of nitrogens with zero attached hydrogens (tertiary/aromatic N) is 4. The maximum Gasteiger partial charge on any atom is 0.223 e. The first-order valence-electron chi connectivity index (χ1n) is 12.3. The third kappa shape index (κ3) is 4.05. The quantitative estimate of drug-likeness (QED) is 0.259. The number of aromatic amines is 1. The summed E-state index contributed by atoms with van der Waals surface area (Å²) in [6.07, 6.45) is 3.22. The van der Waals surface area contributed by atoms with Gasteiger partial charge in [-0.15, -0.1) is 0 Å². The second-order valence-electron chi connectivity index (χ2n) is 10.1. The molecule has 192 valence electrons. The molecule has 1 aliphatic rings. The van der Waals surface area contributed by atoms with Crippen LogP contribution in [0.5, 0.6) is 17.4 Å². The number of para-hydroxylation sites is 1. The molecule has 3 aromatic heterocycles. The molecule has 0 amide bonds. The first-order valence-corrected chi connectivity index (χ1v) is 12.7. The van der Waals surface area contributed by atoms with E-state index in [0.717, 1.165) is 16.7 Å². The van der Waals surface area contributed by atoms with Gasteiger partial charge in [0.25, 0.3) is 0 Å². The van der Waals surface area contributed by atoms with Gasteiger partial charge in [-0.25, -0.2) is 24.3 Å². The molecule has 0 saturated carbocycles. The molecule has 0 bridgehead atoms. The van der Waals surface area contributed by atoms with E-state index in [1.54, 1.807) is 24.5 Å². The van der Waals surface area contributed by atoms with Crippen molar-refractivity contribution in [3.8, 4) is 28.6 Å². The number of halogens is 2. The normalized spacial score (nSPS) is 14.8. The van der Waals surface area contributed by atoms with Gasteiger partial charge in [0.2, 0.25) is 5.88 Å². The van der Waals surface area contributed by atoms with Gasteiger partial charge in [0.05, 0.1) is 16.8 Å². The van der Waals surface area contributed by atoms with Crippen LogP contribution in [0.3, 0.4) is 0 Å². The van der Waals surface area contributed by atoms with Gasteiger partial charge >= 0.3 is 0 Å². The molecule has 7 nitrogen and oxygen atoms in total. The second-order valence-corrected chi connectivity index (χ2v) is 10.5. The Bertz CT molecular complexity index is 1650. The van der Waals surface area contributed by atoms with E-state index in [9.17, 15) is 0 Å². The fraction of sp³-hybridized carbons (Fsp3) is 0.241. The summed E-state index contributed by atoms with van der Waals surface area (Å²) >= 11 is 6.48. The molecule has 1 N–H and O–H groups in total. The standard InChI is InChI=1S/C29H25ClFN5O2/c1-15(2)37-22-11-8-16(14-19(22)30)21-10-9-18-23(17-6-5-7-20(31)24(17)38-27(18)34-21)29(3,4)28-35-25-26(36-28)33-13-12-32-25/h5-15,23H,1-4H3,(H,32,33,35,36). The van der Waals surface area contributed by atoms with E-state index in [1.165, 1.54) is 6.07 Å². The smallest absolute Gasteiger partial charge is 0.223 e. The Morgan fingerprint density at radius 2 is 1.84 bits per heavy atom. The Morgan fingerprint density at radius 3 is 2.61 bits per heavy atom. The van der Waals surface area contributed by atoms with Crippen molar-refractivity contribution in [1.82, 2.24) is 24.9 Å². The number of rotatable bonds is 5. The zero-order valence-corrected chi connectivity index (χ0v) is 22.0. The van der Waals surface area contributed by atoms with Crippen LogP contribution in [0.25, 0.3) is 22.6 Å². The number of hydrogen-bond donors (Lipinski definition) is 1. The molecule has 0 radical (unpaired) electrons. The van der Waals surface area contributed by atoms with Crippen molar-refractivity contribution in [2.24, 2.45) is 0 Å². The number of benzene rings is 2. The maximum absolute atomic E-state index is 15.1. The van der Waals surface area contributed by atoms with Crippen LogP contribution in [-0.2, 0) is 5.41 Å². The van der Waals surface area contributed by atoms with Gasteiger partial charge in [-0.3, -0.25) is 0 Å². The van der Waals surface area contributed by atoms with E-state index in [1.807, 2.05) is 44.2 Å². The van der Waals surface area contributed by atoms with Crippen molar-refractivity contribution in [1.29, 1.82) is 0 Å². The Morgan fingerprint density at radius 1 is 1.03 bits per heavy atom. The Kier molecular flexibility index (Phi) is 5.79. The number of aromatic nitrogens is 5. The molecule has 1 unspecified atom stereocenters. The van der Waals surface area contributed by atoms with Crippen LogP contribution in [0.1, 0.15) is 50.6 Å². The van der Waals surface area contributed by atoms with Crippen LogP contribution >= 0.6 is 11.6 Å². The summed E-state index contributed by atoms with van der Waals surface area (Å²) in [7, 11) is 0. The molecule has 1 aliphatic heterocycles. The number of nitrogens with one attached hydrogen (secondary N) is 1. The molecule has 4 heterocycles. The minimum absolute atomic E-state index is 0.00203. The molecular formula is C29H25ClFN5O2. The molecule has 2 aromatic carbocycles. The Hall–Kier alpha value is -4.04. The van der Waals surface area contributed by atoms with Crippen molar-refractivity contribution in [3.63, 3.8) is 0 Å². The zero-order valence-electron chi connectivity index (χ0n) is 21.3. The Labute approximate surface area is 224 Å². The molecule has 38 heavy (non-hydrogen) atoms. The van der Waals surface area contributed by atoms with E-state index in [4.69, 9.17) is 31.0 Å². The van der Waals surface area contributed by atoms with Crippen LogP contribution < -0.4 is 9.47 Å². The molecule has 5 aromatic rings. The summed E-state index contributed by atoms with van der Waals surface area (Å²) in [5, 5.41) is 0.485. The van der Waals surface area contributed by atoms with Crippen LogP contribution in [0.2, 0.25) is 5.02 Å². The van der Waals surface area contributed by atoms with Crippen molar-refractivity contribution in [3.05, 3.63) is 88.7 Å². The highest BCUT2D eigenvalue weighted by atomic mass is 35.5. The van der Waals surface area contributed by atoms with Crippen molar-refractivity contribution < 1.29 is 13.9 Å². The van der Waals surface area contributed by atoms with Gasteiger partial charge in [0, 0.05) is 40.4 Å². The monoisotopic (exact) mass is 529 g/mol. The number of H-pyrrole nitrogens is 1. The number of ether oxygens (including phenoxy) is 2. The highest BCUT2D eigenvalue weighted by Crippen LogP contribution is 2.52. The minimum Gasteiger partial charge on any atom is -0.489 e. The highest BCUT2D eigenvalue weighted by Gasteiger charge is 2.43. The summed E-state index contributed by atoms with van der Waals surface area (Å²) in [4.78, 5) is 21.5. The van der Waals surface area contributed by atoms with Crippen molar-refractivity contribution in [2.75, 3.05) is 0 Å². The van der Waals surface area contributed by atoms with Crippen molar-refractivity contribution in [2.45, 2.75) is 45.1 Å². The van der Waals surface area contributed by atoms with Crippen molar-refractivity contribution >= 4 is 22.9 Å². The number of imidazole rings is 1. The average molecular weight is 530 g/mol. The minimum atomic E-state index is -0.619. The fourth-order valence-electron chi connectivity index (χ4n) is 5.01. The average Bonchev–Trinajstić information content (AvgIpc) is 3.34. The summed E-state index contributed by atoms with van der Waals surface area (Å²) in [6.45, 7) is 8.00. The molecule has 9 heteroatoms. The lowest BCUT2D eigenvalue weighted by Crippen LogP contribution is -2.32. The zero-order chi connectivity index (χ0) is 26.6.